The van der Waals surface area contributed by atoms with Crippen LogP contribution >= 0.6 is 0 Å². The number of aromatic nitrogens is 3. The number of hydrogen-bond donors (Lipinski definition) is 4. The molecule has 11 heteroatoms. The van der Waals surface area contributed by atoms with Crippen LogP contribution in [-0.4, -0.2) is 55.8 Å². The molecule has 1 saturated carbocycles. The number of nitrogens with one attached hydrogen (secondary N) is 2. The number of carboxylic acid groups (broad SMARTS) is 1. The van der Waals surface area contributed by atoms with E-state index in [0.717, 1.165) is 11.3 Å². The number of carbonyl (C=O) groups is 3. The Morgan fingerprint density at radius 2 is 2.03 bits per heavy atom. The van der Waals surface area contributed by atoms with Crippen molar-refractivity contribution in [1.29, 1.82) is 0 Å². The van der Waals surface area contributed by atoms with E-state index in [1.54, 1.807) is 18.6 Å². The van der Waals surface area contributed by atoms with Gasteiger partial charge in [-0.15, -0.1) is 0 Å². The minimum Gasteiger partial charge on any atom is -0.483 e. The lowest BCUT2D eigenvalue weighted by Crippen LogP contribution is -2.40. The summed E-state index contributed by atoms with van der Waals surface area (Å²) in [5.74, 6) is 0.0485. The molecule has 168 valence electrons. The summed E-state index contributed by atoms with van der Waals surface area (Å²) in [4.78, 5) is 41.0. The molecule has 4 N–H and O–H groups in total. The molecule has 0 radical (unpaired) electrons. The second kappa shape index (κ2) is 11.7. The fourth-order valence-electron chi connectivity index (χ4n) is 3.50. The minimum absolute atomic E-state index is 0.155. The zero-order chi connectivity index (χ0) is 22.8. The largest absolute Gasteiger partial charge is 0.483 e. The number of rotatable bonds is 7. The number of aryl methyl sites for hydroxylation is 2. The van der Waals surface area contributed by atoms with Gasteiger partial charge >= 0.3 is 0 Å². The first-order valence-electron chi connectivity index (χ1n) is 9.85. The van der Waals surface area contributed by atoms with Gasteiger partial charge < -0.3 is 25.4 Å². The smallest absolute Gasteiger partial charge is 0.290 e. The molecule has 2 aromatic rings. The van der Waals surface area contributed by atoms with Crippen molar-refractivity contribution >= 4 is 18.3 Å². The molecule has 2 heterocycles. The molecule has 31 heavy (non-hydrogen) atoms. The van der Waals surface area contributed by atoms with Crippen LogP contribution in [0.25, 0.3) is 0 Å². The highest BCUT2D eigenvalue weighted by Crippen LogP contribution is 2.26. The van der Waals surface area contributed by atoms with E-state index in [9.17, 15) is 14.7 Å². The number of amides is 2. The summed E-state index contributed by atoms with van der Waals surface area (Å²) in [7, 11) is 0. The van der Waals surface area contributed by atoms with Gasteiger partial charge in [-0.2, -0.15) is 0 Å². The molecule has 0 saturated heterocycles. The molecule has 0 bridgehead atoms. The van der Waals surface area contributed by atoms with Crippen molar-refractivity contribution in [3.8, 4) is 0 Å². The normalized spacial score (nSPS) is 19.8. The molecule has 2 amide bonds. The van der Waals surface area contributed by atoms with Crippen molar-refractivity contribution in [3.63, 3.8) is 0 Å². The van der Waals surface area contributed by atoms with E-state index >= 15 is 0 Å². The zero-order valence-corrected chi connectivity index (χ0v) is 17.4. The molecule has 11 nitrogen and oxygen atoms in total. The van der Waals surface area contributed by atoms with Crippen molar-refractivity contribution in [2.75, 3.05) is 0 Å². The highest BCUT2D eigenvalue weighted by atomic mass is 16.5. The van der Waals surface area contributed by atoms with Crippen LogP contribution in [0.3, 0.4) is 0 Å². The maximum Gasteiger partial charge on any atom is 0.290 e. The lowest BCUT2D eigenvalue weighted by molar-refractivity contribution is -0.125. The van der Waals surface area contributed by atoms with E-state index in [1.165, 1.54) is 0 Å². The van der Waals surface area contributed by atoms with Crippen LogP contribution in [0, 0.1) is 19.8 Å². The van der Waals surface area contributed by atoms with E-state index in [-0.39, 0.29) is 37.2 Å². The summed E-state index contributed by atoms with van der Waals surface area (Å²) in [6.07, 6.45) is 5.51. The second-order valence-electron chi connectivity index (χ2n) is 7.23. The number of aliphatic hydroxyl groups is 1. The first-order valence-corrected chi connectivity index (χ1v) is 9.85. The van der Waals surface area contributed by atoms with Gasteiger partial charge in [0.2, 0.25) is 11.8 Å². The third-order valence-corrected chi connectivity index (χ3v) is 5.09. The second-order valence-corrected chi connectivity index (χ2v) is 7.23. The Kier molecular flexibility index (Phi) is 9.07. The molecular formula is C20H27N5O6. The topological polar surface area (TPSA) is 168 Å². The van der Waals surface area contributed by atoms with Gasteiger partial charge in [0.15, 0.2) is 0 Å². The third kappa shape index (κ3) is 7.14. The molecule has 3 atom stereocenters. The predicted octanol–water partition coefficient (Wildman–Crippen LogP) is 0.287. The van der Waals surface area contributed by atoms with Crippen LogP contribution in [0.1, 0.15) is 42.0 Å². The Labute approximate surface area is 179 Å². The molecule has 1 aliphatic rings. The quantitative estimate of drug-likeness (QED) is 0.448. The SMILES string of the molecule is Cc1noc(C)c1CCC(=O)N[C@H]1C[C@H](C(=O)NCc2cnccn2)C[C@@H]1O.O=CO. The van der Waals surface area contributed by atoms with Gasteiger partial charge in [-0.1, -0.05) is 5.16 Å². The van der Waals surface area contributed by atoms with Crippen molar-refractivity contribution < 1.29 is 29.1 Å². The fraction of sp³-hybridized carbons (Fsp3) is 0.500. The third-order valence-electron chi connectivity index (χ3n) is 5.09. The van der Waals surface area contributed by atoms with E-state index in [2.05, 4.69) is 25.8 Å². The van der Waals surface area contributed by atoms with Crippen LogP contribution in [0.4, 0.5) is 0 Å². The molecule has 0 unspecified atom stereocenters. The standard InChI is InChI=1S/C19H25N5O4.CH2O2/c1-11-15(12(2)28-24-11)3-4-18(26)23-16-7-13(8-17(16)25)19(27)22-10-14-9-20-5-6-21-14;2-1-3/h5-6,9,13,16-17,25H,3-4,7-8,10H2,1-2H3,(H,22,27)(H,23,26);1H,(H,2,3)/t13-,16-,17-;/m0./s1. The van der Waals surface area contributed by atoms with Gasteiger partial charge in [0.05, 0.1) is 36.3 Å². The average molecular weight is 433 g/mol. The zero-order valence-electron chi connectivity index (χ0n) is 17.4. The van der Waals surface area contributed by atoms with Crippen molar-refractivity contribution in [2.45, 2.75) is 58.2 Å². The summed E-state index contributed by atoms with van der Waals surface area (Å²) in [6.45, 7) is 3.70. The summed E-state index contributed by atoms with van der Waals surface area (Å²) >= 11 is 0. The van der Waals surface area contributed by atoms with Crippen LogP contribution in [0.5, 0.6) is 0 Å². The molecule has 1 fully saturated rings. The molecular weight excluding hydrogens is 406 g/mol. The molecule has 0 aliphatic heterocycles. The monoisotopic (exact) mass is 433 g/mol. The summed E-state index contributed by atoms with van der Waals surface area (Å²) < 4.78 is 5.10. The molecule has 0 aromatic carbocycles. The van der Waals surface area contributed by atoms with Gasteiger partial charge in [0.1, 0.15) is 5.76 Å². The van der Waals surface area contributed by atoms with Crippen LogP contribution in [0.2, 0.25) is 0 Å². The first-order chi connectivity index (χ1) is 14.8. The van der Waals surface area contributed by atoms with Crippen LogP contribution in [0.15, 0.2) is 23.1 Å². The fourth-order valence-corrected chi connectivity index (χ4v) is 3.50. The summed E-state index contributed by atoms with van der Waals surface area (Å²) in [6, 6.07) is -0.426. The minimum atomic E-state index is -0.740. The van der Waals surface area contributed by atoms with Crippen molar-refractivity contribution in [3.05, 3.63) is 41.3 Å². The van der Waals surface area contributed by atoms with Gasteiger partial charge in [0, 0.05) is 30.3 Å². The average Bonchev–Trinajstić information content (AvgIpc) is 3.27. The first kappa shape index (κ1) is 23.9. The van der Waals surface area contributed by atoms with Crippen LogP contribution in [-0.2, 0) is 27.3 Å². The highest BCUT2D eigenvalue weighted by Gasteiger charge is 2.37. The lowest BCUT2D eigenvalue weighted by atomic mass is 10.1. The van der Waals surface area contributed by atoms with E-state index in [4.69, 9.17) is 14.4 Å². The number of carbonyl (C=O) groups excluding carboxylic acids is 2. The maximum atomic E-state index is 12.4. The van der Waals surface area contributed by atoms with Gasteiger partial charge in [-0.3, -0.25) is 24.4 Å². The highest BCUT2D eigenvalue weighted by molar-refractivity contribution is 5.80. The molecule has 2 aromatic heterocycles. The van der Waals surface area contributed by atoms with Crippen molar-refractivity contribution in [2.24, 2.45) is 5.92 Å². The van der Waals surface area contributed by atoms with Crippen LogP contribution < -0.4 is 10.6 Å². The van der Waals surface area contributed by atoms with E-state index in [1.807, 2.05) is 13.8 Å². The van der Waals surface area contributed by atoms with Gasteiger partial charge in [-0.25, -0.2) is 0 Å². The summed E-state index contributed by atoms with van der Waals surface area (Å²) in [5.41, 5.74) is 2.38. The van der Waals surface area contributed by atoms with E-state index in [0.29, 0.717) is 30.7 Å². The Morgan fingerprint density at radius 1 is 1.29 bits per heavy atom. The Balaban J connectivity index is 0.00000107. The molecule has 3 rings (SSSR count). The van der Waals surface area contributed by atoms with Crippen molar-refractivity contribution in [1.82, 2.24) is 25.8 Å². The predicted molar refractivity (Wildman–Crippen MR) is 108 cm³/mol. The van der Waals surface area contributed by atoms with Gasteiger partial charge in [0.25, 0.3) is 6.47 Å². The lowest BCUT2D eigenvalue weighted by Gasteiger charge is -2.16. The van der Waals surface area contributed by atoms with E-state index < -0.39 is 12.1 Å². The number of nitrogens with zero attached hydrogens (tertiary/aromatic N) is 3. The number of hydrogen-bond acceptors (Lipinski definition) is 8. The Morgan fingerprint density at radius 3 is 2.65 bits per heavy atom. The molecule has 0 spiro atoms. The Bertz CT molecular complexity index is 853. The maximum absolute atomic E-state index is 12.4. The van der Waals surface area contributed by atoms with Gasteiger partial charge in [-0.05, 0) is 33.1 Å². The number of aliphatic hydroxyl groups excluding tert-OH is 1. The Hall–Kier alpha value is -3.34. The molecule has 1 aliphatic carbocycles. The summed E-state index contributed by atoms with van der Waals surface area (Å²) in [5, 5.41) is 26.7.